The van der Waals surface area contributed by atoms with Gasteiger partial charge in [-0.05, 0) is 25.2 Å². The molecule has 10 heavy (non-hydrogen) atoms. The Morgan fingerprint density at radius 1 is 1.20 bits per heavy atom. The molecule has 0 spiro atoms. The lowest BCUT2D eigenvalue weighted by Gasteiger charge is -2.14. The SMILES string of the molecule is O=S1(=O)CC2CCCC1C2. The van der Waals surface area contributed by atoms with Crippen molar-refractivity contribution in [2.75, 3.05) is 5.75 Å². The highest BCUT2D eigenvalue weighted by molar-refractivity contribution is 7.92. The van der Waals surface area contributed by atoms with Gasteiger partial charge in [0.1, 0.15) is 0 Å². The summed E-state index contributed by atoms with van der Waals surface area (Å²) in [4.78, 5) is 0. The molecular formula is C7H12O2S. The van der Waals surface area contributed by atoms with Crippen molar-refractivity contribution in [2.24, 2.45) is 5.92 Å². The smallest absolute Gasteiger partial charge is 0.153 e. The predicted octanol–water partition coefficient (Wildman–Crippen LogP) is 0.974. The largest absolute Gasteiger partial charge is 0.229 e. The summed E-state index contributed by atoms with van der Waals surface area (Å²) in [5.74, 6) is 1.00. The molecule has 2 unspecified atom stereocenters. The Morgan fingerprint density at radius 3 is 2.60 bits per heavy atom. The van der Waals surface area contributed by atoms with Gasteiger partial charge in [-0.15, -0.1) is 0 Å². The van der Waals surface area contributed by atoms with E-state index in [1.807, 2.05) is 0 Å². The van der Waals surface area contributed by atoms with Gasteiger partial charge < -0.3 is 0 Å². The molecule has 0 aromatic rings. The Hall–Kier alpha value is -0.0500. The minimum absolute atomic E-state index is 0.0475. The molecule has 2 rings (SSSR count). The lowest BCUT2D eigenvalue weighted by atomic mass is 9.91. The van der Waals surface area contributed by atoms with Crippen LogP contribution < -0.4 is 0 Å². The fraction of sp³-hybridized carbons (Fsp3) is 1.00. The van der Waals surface area contributed by atoms with Crippen LogP contribution in [0.15, 0.2) is 0 Å². The molecule has 0 N–H and O–H groups in total. The van der Waals surface area contributed by atoms with E-state index in [0.717, 1.165) is 25.7 Å². The van der Waals surface area contributed by atoms with Gasteiger partial charge in [-0.1, -0.05) is 6.42 Å². The van der Waals surface area contributed by atoms with Gasteiger partial charge in [-0.25, -0.2) is 8.42 Å². The fourth-order valence-electron chi connectivity index (χ4n) is 2.18. The lowest BCUT2D eigenvalue weighted by molar-refractivity contribution is 0.421. The summed E-state index contributed by atoms with van der Waals surface area (Å²) < 4.78 is 22.5. The Kier molecular flexibility index (Phi) is 1.31. The van der Waals surface area contributed by atoms with Crippen molar-refractivity contribution in [1.82, 2.24) is 0 Å². The molecular weight excluding hydrogens is 148 g/mol. The first-order valence-electron chi connectivity index (χ1n) is 3.90. The molecule has 1 saturated heterocycles. The number of rotatable bonds is 0. The highest BCUT2D eigenvalue weighted by Crippen LogP contribution is 2.37. The minimum atomic E-state index is -2.62. The molecule has 0 amide bonds. The summed E-state index contributed by atoms with van der Waals surface area (Å²) in [7, 11) is -2.62. The van der Waals surface area contributed by atoms with Crippen LogP contribution in [0.1, 0.15) is 25.7 Å². The third-order valence-electron chi connectivity index (χ3n) is 2.71. The Balaban J connectivity index is 2.32. The zero-order valence-corrected chi connectivity index (χ0v) is 6.73. The summed E-state index contributed by atoms with van der Waals surface area (Å²) in [5, 5.41) is 0.0475. The van der Waals surface area contributed by atoms with E-state index in [1.165, 1.54) is 0 Å². The molecule has 2 fully saturated rings. The van der Waals surface area contributed by atoms with Crippen molar-refractivity contribution in [1.29, 1.82) is 0 Å². The molecule has 1 aliphatic heterocycles. The molecule has 1 saturated carbocycles. The molecule has 2 atom stereocenters. The molecule has 3 heteroatoms. The quantitative estimate of drug-likeness (QED) is 0.529. The van der Waals surface area contributed by atoms with Gasteiger partial charge in [-0.3, -0.25) is 0 Å². The maximum absolute atomic E-state index is 11.2. The molecule has 2 bridgehead atoms. The van der Waals surface area contributed by atoms with E-state index in [-0.39, 0.29) is 5.25 Å². The average Bonchev–Trinajstić information content (AvgIpc) is 2.04. The standard InChI is InChI=1S/C7H12O2S/c8-10(9)5-6-2-1-3-7(10)4-6/h6-7H,1-5H2. The van der Waals surface area contributed by atoms with Gasteiger partial charge in [0.2, 0.25) is 0 Å². The van der Waals surface area contributed by atoms with E-state index >= 15 is 0 Å². The van der Waals surface area contributed by atoms with E-state index in [2.05, 4.69) is 0 Å². The van der Waals surface area contributed by atoms with E-state index in [9.17, 15) is 8.42 Å². The van der Waals surface area contributed by atoms with Crippen molar-refractivity contribution in [3.05, 3.63) is 0 Å². The van der Waals surface area contributed by atoms with Crippen LogP contribution in [0.25, 0.3) is 0 Å². The second-order valence-corrected chi connectivity index (χ2v) is 5.81. The molecule has 58 valence electrons. The van der Waals surface area contributed by atoms with Crippen LogP contribution in [-0.4, -0.2) is 19.4 Å². The summed E-state index contributed by atoms with van der Waals surface area (Å²) in [6, 6.07) is 0. The second-order valence-electron chi connectivity index (χ2n) is 3.48. The molecule has 2 nitrogen and oxygen atoms in total. The number of sulfone groups is 1. The lowest BCUT2D eigenvalue weighted by Crippen LogP contribution is -2.15. The normalized spacial score (nSPS) is 43.6. The van der Waals surface area contributed by atoms with E-state index in [1.54, 1.807) is 0 Å². The second kappa shape index (κ2) is 1.97. The van der Waals surface area contributed by atoms with Crippen molar-refractivity contribution < 1.29 is 8.42 Å². The first kappa shape index (κ1) is 6.65. The zero-order chi connectivity index (χ0) is 7.19. The van der Waals surface area contributed by atoms with Crippen LogP contribution >= 0.6 is 0 Å². The van der Waals surface area contributed by atoms with Gasteiger partial charge in [-0.2, -0.15) is 0 Å². The van der Waals surface area contributed by atoms with Gasteiger partial charge in [0.05, 0.1) is 11.0 Å². The number of hydrogen-bond acceptors (Lipinski definition) is 2. The Bertz CT molecular complexity index is 230. The van der Waals surface area contributed by atoms with Crippen LogP contribution in [0.4, 0.5) is 0 Å². The Labute approximate surface area is 61.5 Å². The van der Waals surface area contributed by atoms with Gasteiger partial charge in [0, 0.05) is 0 Å². The number of hydrogen-bond donors (Lipinski definition) is 0. The van der Waals surface area contributed by atoms with Crippen LogP contribution in [0, 0.1) is 5.92 Å². The summed E-state index contributed by atoms with van der Waals surface area (Å²) in [6.07, 6.45) is 4.17. The fourth-order valence-corrected chi connectivity index (χ4v) is 4.51. The predicted molar refractivity (Wildman–Crippen MR) is 39.5 cm³/mol. The average molecular weight is 160 g/mol. The summed E-state index contributed by atoms with van der Waals surface area (Å²) in [6.45, 7) is 0. The van der Waals surface area contributed by atoms with Crippen molar-refractivity contribution in [2.45, 2.75) is 30.9 Å². The number of fused-ring (bicyclic) bond motifs is 2. The van der Waals surface area contributed by atoms with Crippen LogP contribution in [0.3, 0.4) is 0 Å². The van der Waals surface area contributed by atoms with E-state index in [4.69, 9.17) is 0 Å². The first-order valence-corrected chi connectivity index (χ1v) is 5.61. The van der Waals surface area contributed by atoms with Crippen molar-refractivity contribution in [3.8, 4) is 0 Å². The molecule has 0 aromatic heterocycles. The van der Waals surface area contributed by atoms with Crippen LogP contribution in [0.5, 0.6) is 0 Å². The van der Waals surface area contributed by atoms with Crippen molar-refractivity contribution in [3.63, 3.8) is 0 Å². The first-order chi connectivity index (χ1) is 4.68. The molecule has 0 radical (unpaired) electrons. The van der Waals surface area contributed by atoms with E-state index < -0.39 is 9.84 Å². The molecule has 0 aromatic carbocycles. The Morgan fingerprint density at radius 2 is 2.00 bits per heavy atom. The van der Waals surface area contributed by atoms with Gasteiger partial charge in [0.25, 0.3) is 0 Å². The molecule has 1 aliphatic carbocycles. The van der Waals surface area contributed by atoms with Crippen LogP contribution in [0.2, 0.25) is 0 Å². The highest BCUT2D eigenvalue weighted by Gasteiger charge is 2.40. The molecule has 1 heterocycles. The summed E-state index contributed by atoms with van der Waals surface area (Å²) in [5.41, 5.74) is 0. The van der Waals surface area contributed by atoms with E-state index in [0.29, 0.717) is 11.7 Å². The third kappa shape index (κ3) is 0.875. The minimum Gasteiger partial charge on any atom is -0.229 e. The maximum Gasteiger partial charge on any atom is 0.153 e. The van der Waals surface area contributed by atoms with Crippen molar-refractivity contribution >= 4 is 9.84 Å². The van der Waals surface area contributed by atoms with Crippen LogP contribution in [-0.2, 0) is 9.84 Å². The monoisotopic (exact) mass is 160 g/mol. The van der Waals surface area contributed by atoms with Gasteiger partial charge >= 0.3 is 0 Å². The maximum atomic E-state index is 11.2. The topological polar surface area (TPSA) is 34.1 Å². The van der Waals surface area contributed by atoms with Gasteiger partial charge in [0.15, 0.2) is 9.84 Å². The molecule has 2 aliphatic rings. The third-order valence-corrected chi connectivity index (χ3v) is 5.09. The zero-order valence-electron chi connectivity index (χ0n) is 5.91. The highest BCUT2D eigenvalue weighted by atomic mass is 32.2. The summed E-state index contributed by atoms with van der Waals surface area (Å²) >= 11 is 0.